The third-order valence-corrected chi connectivity index (χ3v) is 8.20. The molecule has 0 radical (unpaired) electrons. The molecule has 1 aliphatic rings. The quantitative estimate of drug-likeness (QED) is 0.303. The Morgan fingerprint density at radius 2 is 1.90 bits per heavy atom. The van der Waals surface area contributed by atoms with Gasteiger partial charge in [-0.05, 0) is 38.0 Å². The molecule has 0 spiro atoms. The molecule has 1 unspecified atom stereocenters. The summed E-state index contributed by atoms with van der Waals surface area (Å²) < 4.78 is 27.9. The van der Waals surface area contributed by atoms with Crippen molar-refractivity contribution in [2.75, 3.05) is 33.4 Å². The average Bonchev–Trinajstić information content (AvgIpc) is 3.72. The number of fused-ring (bicyclic) bond motifs is 1. The molecule has 0 bridgehead atoms. The van der Waals surface area contributed by atoms with Gasteiger partial charge in [-0.2, -0.15) is 10.2 Å². The molecule has 40 heavy (non-hydrogen) atoms. The number of benzene rings is 1. The van der Waals surface area contributed by atoms with Gasteiger partial charge in [0.25, 0.3) is 5.56 Å². The SMILES string of the molecule is COc1ccc(F)cc1C(Cn1c(=O)n(CC(=O)N2CCCC2)c(=O)c2c(C)c(-n3nccn3)sc21)OCCO. The molecule has 1 fully saturated rings. The standard InChI is InChI=1S/C26H29FN6O6S/c1-16-22-23(36)31(15-21(35)30-9-3-4-10-30)26(37)32(25(22)40-24(16)33-28-7-8-29-33)14-20(39-12-11-34)18-13-17(27)5-6-19(18)38-2/h5-8,13,20,34H,3-4,9-12,14-15H2,1-2H3. The first-order chi connectivity index (χ1) is 19.3. The molecule has 1 amide bonds. The van der Waals surface area contributed by atoms with Crippen LogP contribution in [0.1, 0.15) is 30.1 Å². The number of aryl methyl sites for hydroxylation is 1. The highest BCUT2D eigenvalue weighted by Gasteiger charge is 2.27. The number of ether oxygens (including phenoxy) is 2. The molecule has 14 heteroatoms. The second kappa shape index (κ2) is 11.7. The van der Waals surface area contributed by atoms with E-state index in [1.165, 1.54) is 47.1 Å². The summed E-state index contributed by atoms with van der Waals surface area (Å²) in [6.45, 7) is 1.91. The summed E-state index contributed by atoms with van der Waals surface area (Å²) in [5.74, 6) is -0.523. The van der Waals surface area contributed by atoms with Crippen molar-refractivity contribution < 1.29 is 23.8 Å². The second-order valence-corrected chi connectivity index (χ2v) is 10.4. The number of nitrogens with zero attached hydrogens (tertiary/aromatic N) is 6. The Balaban J connectivity index is 1.70. The van der Waals surface area contributed by atoms with Crippen LogP contribution in [0.4, 0.5) is 4.39 Å². The number of rotatable bonds is 10. The maximum atomic E-state index is 14.3. The Bertz CT molecular complexity index is 1640. The fourth-order valence-corrected chi connectivity index (χ4v) is 6.17. The summed E-state index contributed by atoms with van der Waals surface area (Å²) in [5, 5.41) is 18.6. The third kappa shape index (κ3) is 5.17. The lowest BCUT2D eigenvalue weighted by molar-refractivity contribution is -0.130. The van der Waals surface area contributed by atoms with Gasteiger partial charge in [-0.15, -0.1) is 4.80 Å². The summed E-state index contributed by atoms with van der Waals surface area (Å²) >= 11 is 1.15. The Morgan fingerprint density at radius 1 is 1.18 bits per heavy atom. The Hall–Kier alpha value is -3.88. The van der Waals surface area contributed by atoms with Crippen LogP contribution < -0.4 is 16.0 Å². The summed E-state index contributed by atoms with van der Waals surface area (Å²) in [5.41, 5.74) is -0.427. The van der Waals surface area contributed by atoms with E-state index in [0.29, 0.717) is 39.8 Å². The van der Waals surface area contributed by atoms with E-state index in [4.69, 9.17) is 9.47 Å². The van der Waals surface area contributed by atoms with Crippen molar-refractivity contribution in [3.8, 4) is 10.8 Å². The number of methoxy groups -OCH3 is 1. The minimum atomic E-state index is -0.937. The Morgan fingerprint density at radius 3 is 2.58 bits per heavy atom. The molecule has 212 valence electrons. The lowest BCUT2D eigenvalue weighted by Gasteiger charge is -2.22. The highest BCUT2D eigenvalue weighted by Crippen LogP contribution is 2.33. The number of carbonyl (C=O) groups is 1. The fraction of sp³-hybridized carbons (Fsp3) is 0.423. The number of aliphatic hydroxyl groups excluding tert-OH is 1. The lowest BCUT2D eigenvalue weighted by Crippen LogP contribution is -2.44. The van der Waals surface area contributed by atoms with Crippen LogP contribution in [0, 0.1) is 12.7 Å². The highest BCUT2D eigenvalue weighted by atomic mass is 32.1. The molecule has 4 aromatic rings. The van der Waals surface area contributed by atoms with Crippen molar-refractivity contribution >= 4 is 27.5 Å². The van der Waals surface area contributed by atoms with Gasteiger partial charge in [-0.1, -0.05) is 11.3 Å². The predicted octanol–water partition coefficient (Wildman–Crippen LogP) is 1.63. The van der Waals surface area contributed by atoms with E-state index in [2.05, 4.69) is 10.2 Å². The van der Waals surface area contributed by atoms with E-state index in [-0.39, 0.29) is 31.1 Å². The van der Waals surface area contributed by atoms with Gasteiger partial charge in [-0.3, -0.25) is 18.7 Å². The van der Waals surface area contributed by atoms with Crippen molar-refractivity contribution in [3.05, 3.63) is 68.4 Å². The van der Waals surface area contributed by atoms with Crippen molar-refractivity contribution in [3.63, 3.8) is 0 Å². The van der Waals surface area contributed by atoms with Gasteiger partial charge in [0.05, 0.1) is 44.6 Å². The number of carbonyl (C=O) groups excluding carboxylic acids is 1. The van der Waals surface area contributed by atoms with Gasteiger partial charge in [0.15, 0.2) is 0 Å². The molecule has 1 aliphatic heterocycles. The van der Waals surface area contributed by atoms with Gasteiger partial charge >= 0.3 is 5.69 Å². The van der Waals surface area contributed by atoms with Crippen LogP contribution in [0.25, 0.3) is 15.2 Å². The zero-order chi connectivity index (χ0) is 28.4. The Kier molecular flexibility index (Phi) is 8.09. The first-order valence-corrected chi connectivity index (χ1v) is 13.6. The Labute approximate surface area is 231 Å². The molecule has 1 N–H and O–H groups in total. The molecule has 1 saturated heterocycles. The van der Waals surface area contributed by atoms with Crippen LogP contribution in [-0.4, -0.2) is 73.5 Å². The van der Waals surface area contributed by atoms with Crippen LogP contribution in [0.5, 0.6) is 5.75 Å². The minimum absolute atomic E-state index is 0.0960. The van der Waals surface area contributed by atoms with Crippen molar-refractivity contribution in [2.45, 2.75) is 39.0 Å². The monoisotopic (exact) mass is 572 g/mol. The van der Waals surface area contributed by atoms with Crippen molar-refractivity contribution in [2.24, 2.45) is 0 Å². The van der Waals surface area contributed by atoms with Gasteiger partial charge in [0, 0.05) is 24.2 Å². The van der Waals surface area contributed by atoms with E-state index >= 15 is 0 Å². The van der Waals surface area contributed by atoms with Gasteiger partial charge in [-0.25, -0.2) is 9.18 Å². The average molecular weight is 573 g/mol. The number of hydrogen-bond acceptors (Lipinski definition) is 9. The van der Waals surface area contributed by atoms with E-state index in [9.17, 15) is 23.9 Å². The molecular weight excluding hydrogens is 543 g/mol. The molecule has 3 aromatic heterocycles. The van der Waals surface area contributed by atoms with Gasteiger partial charge in [0.1, 0.15) is 34.0 Å². The number of halogens is 1. The first kappa shape index (κ1) is 27.7. The van der Waals surface area contributed by atoms with Crippen molar-refractivity contribution in [1.82, 2.24) is 29.0 Å². The van der Waals surface area contributed by atoms with E-state index in [1.807, 2.05) is 0 Å². The lowest BCUT2D eigenvalue weighted by atomic mass is 10.1. The summed E-state index contributed by atoms with van der Waals surface area (Å²) in [6.07, 6.45) is 3.80. The topological polar surface area (TPSA) is 134 Å². The predicted molar refractivity (Wildman–Crippen MR) is 145 cm³/mol. The molecule has 5 rings (SSSR count). The minimum Gasteiger partial charge on any atom is -0.496 e. The summed E-state index contributed by atoms with van der Waals surface area (Å²) in [4.78, 5) is 44.0. The fourth-order valence-electron chi connectivity index (χ4n) is 4.95. The molecule has 0 aliphatic carbocycles. The third-order valence-electron chi connectivity index (χ3n) is 6.92. The molecule has 0 saturated carbocycles. The number of aliphatic hydroxyl groups is 1. The molecular formula is C26H29FN6O6S. The molecule has 1 aromatic carbocycles. The zero-order valence-electron chi connectivity index (χ0n) is 22.1. The van der Waals surface area contributed by atoms with Gasteiger partial charge < -0.3 is 19.5 Å². The summed E-state index contributed by atoms with van der Waals surface area (Å²) in [6, 6.07) is 3.94. The number of likely N-dealkylation sites (tertiary alicyclic amines) is 1. The number of thiophene rings is 1. The van der Waals surface area contributed by atoms with Crippen LogP contribution in [0.15, 0.2) is 40.2 Å². The highest BCUT2D eigenvalue weighted by molar-refractivity contribution is 7.21. The maximum absolute atomic E-state index is 14.3. The summed E-state index contributed by atoms with van der Waals surface area (Å²) in [7, 11) is 1.43. The van der Waals surface area contributed by atoms with E-state index < -0.39 is 29.7 Å². The second-order valence-electron chi connectivity index (χ2n) is 9.37. The molecule has 12 nitrogen and oxygen atoms in total. The molecule has 1 atom stereocenters. The maximum Gasteiger partial charge on any atom is 0.332 e. The van der Waals surface area contributed by atoms with Gasteiger partial charge in [0.2, 0.25) is 5.91 Å². The van der Waals surface area contributed by atoms with Crippen LogP contribution in [0.3, 0.4) is 0 Å². The number of hydrogen-bond donors (Lipinski definition) is 1. The molecule has 4 heterocycles. The van der Waals surface area contributed by atoms with E-state index in [0.717, 1.165) is 28.7 Å². The number of aromatic nitrogens is 5. The largest absolute Gasteiger partial charge is 0.496 e. The van der Waals surface area contributed by atoms with E-state index in [1.54, 1.807) is 11.8 Å². The van der Waals surface area contributed by atoms with Crippen LogP contribution in [0.2, 0.25) is 0 Å². The van der Waals surface area contributed by atoms with Crippen LogP contribution >= 0.6 is 11.3 Å². The van der Waals surface area contributed by atoms with Crippen molar-refractivity contribution in [1.29, 1.82) is 0 Å². The normalized spacial score (nSPS) is 14.2. The first-order valence-electron chi connectivity index (χ1n) is 12.8. The number of amides is 1. The smallest absolute Gasteiger partial charge is 0.332 e. The van der Waals surface area contributed by atoms with Crippen LogP contribution in [-0.2, 0) is 22.6 Å². The zero-order valence-corrected chi connectivity index (χ0v) is 22.9.